The molecule has 82 valence electrons. The van der Waals surface area contributed by atoms with E-state index in [0.29, 0.717) is 11.4 Å². The minimum absolute atomic E-state index is 0.287. The second-order valence-electron chi connectivity index (χ2n) is 3.05. The fourth-order valence-corrected chi connectivity index (χ4v) is 1.13. The van der Waals surface area contributed by atoms with Crippen LogP contribution in [0.1, 0.15) is 15.9 Å². The second kappa shape index (κ2) is 4.75. The predicted molar refractivity (Wildman–Crippen MR) is 54.6 cm³/mol. The van der Waals surface area contributed by atoms with Crippen molar-refractivity contribution in [1.82, 2.24) is 10.0 Å². The number of carbonyl (C=O) groups excluding carboxylic acids is 1. The molecule has 1 heterocycles. The lowest BCUT2D eigenvalue weighted by Crippen LogP contribution is -2.26. The standard InChI is InChI=1S/C10H14N2O3/c1-7-5-8(9(14-3)11-6-7)10(13)12(2)15-4/h5-6H,1-4H3. The number of hydroxylamine groups is 2. The molecule has 0 aliphatic rings. The highest BCUT2D eigenvalue weighted by molar-refractivity contribution is 5.95. The van der Waals surface area contributed by atoms with E-state index in [-0.39, 0.29) is 5.91 Å². The molecular formula is C10H14N2O3. The summed E-state index contributed by atoms with van der Waals surface area (Å²) in [6, 6.07) is 1.71. The van der Waals surface area contributed by atoms with E-state index in [1.54, 1.807) is 12.3 Å². The summed E-state index contributed by atoms with van der Waals surface area (Å²) in [7, 11) is 4.43. The molecule has 0 atom stereocenters. The van der Waals surface area contributed by atoms with Gasteiger partial charge in [-0.3, -0.25) is 9.63 Å². The van der Waals surface area contributed by atoms with Crippen LogP contribution in [0.3, 0.4) is 0 Å². The Morgan fingerprint density at radius 3 is 2.67 bits per heavy atom. The second-order valence-corrected chi connectivity index (χ2v) is 3.05. The van der Waals surface area contributed by atoms with Crippen LogP contribution in [0, 0.1) is 6.92 Å². The van der Waals surface area contributed by atoms with Crippen LogP contribution in [0.4, 0.5) is 0 Å². The molecule has 0 radical (unpaired) electrons. The van der Waals surface area contributed by atoms with Crippen molar-refractivity contribution >= 4 is 5.91 Å². The zero-order valence-electron chi connectivity index (χ0n) is 9.27. The van der Waals surface area contributed by atoms with Gasteiger partial charge in [-0.15, -0.1) is 0 Å². The minimum Gasteiger partial charge on any atom is -0.480 e. The van der Waals surface area contributed by atoms with Crippen LogP contribution in [0.5, 0.6) is 5.88 Å². The predicted octanol–water partition coefficient (Wildman–Crippen LogP) is 1.03. The summed E-state index contributed by atoms with van der Waals surface area (Å²) in [5, 5.41) is 1.12. The van der Waals surface area contributed by atoms with Gasteiger partial charge in [0.15, 0.2) is 0 Å². The third-order valence-electron chi connectivity index (χ3n) is 1.97. The maximum absolute atomic E-state index is 11.8. The quantitative estimate of drug-likeness (QED) is 0.699. The van der Waals surface area contributed by atoms with Crippen LogP contribution in [-0.4, -0.2) is 37.2 Å². The molecule has 5 nitrogen and oxygen atoms in total. The first kappa shape index (κ1) is 11.5. The Morgan fingerprint density at radius 2 is 2.13 bits per heavy atom. The molecule has 15 heavy (non-hydrogen) atoms. The molecule has 0 N–H and O–H groups in total. The number of aryl methyl sites for hydroxylation is 1. The van der Waals surface area contributed by atoms with Gasteiger partial charge in [0.05, 0.1) is 14.2 Å². The van der Waals surface area contributed by atoms with Gasteiger partial charge < -0.3 is 4.74 Å². The normalized spacial score (nSPS) is 9.87. The molecule has 1 rings (SSSR count). The van der Waals surface area contributed by atoms with Crippen molar-refractivity contribution in [3.63, 3.8) is 0 Å². The van der Waals surface area contributed by atoms with E-state index < -0.39 is 0 Å². The monoisotopic (exact) mass is 210 g/mol. The number of nitrogens with zero attached hydrogens (tertiary/aromatic N) is 2. The Hall–Kier alpha value is -1.62. The number of pyridine rings is 1. The first-order valence-electron chi connectivity index (χ1n) is 4.43. The summed E-state index contributed by atoms with van der Waals surface area (Å²) < 4.78 is 5.00. The fourth-order valence-electron chi connectivity index (χ4n) is 1.13. The lowest BCUT2D eigenvalue weighted by molar-refractivity contribution is -0.0758. The largest absolute Gasteiger partial charge is 0.480 e. The molecule has 0 saturated carbocycles. The van der Waals surface area contributed by atoms with E-state index in [4.69, 9.17) is 9.57 Å². The molecule has 0 aliphatic heterocycles. The number of rotatable bonds is 3. The van der Waals surface area contributed by atoms with E-state index in [0.717, 1.165) is 10.6 Å². The molecular weight excluding hydrogens is 196 g/mol. The van der Waals surface area contributed by atoms with Crippen molar-refractivity contribution in [1.29, 1.82) is 0 Å². The van der Waals surface area contributed by atoms with E-state index >= 15 is 0 Å². The van der Waals surface area contributed by atoms with Gasteiger partial charge in [0, 0.05) is 13.2 Å². The van der Waals surface area contributed by atoms with Crippen LogP contribution >= 0.6 is 0 Å². The number of amides is 1. The highest BCUT2D eigenvalue weighted by atomic mass is 16.7. The van der Waals surface area contributed by atoms with Crippen LogP contribution < -0.4 is 4.74 Å². The lowest BCUT2D eigenvalue weighted by atomic mass is 10.2. The molecule has 0 unspecified atom stereocenters. The summed E-state index contributed by atoms with van der Waals surface area (Å²) >= 11 is 0. The van der Waals surface area contributed by atoms with Crippen LogP contribution in [0.25, 0.3) is 0 Å². The molecule has 0 bridgehead atoms. The topological polar surface area (TPSA) is 51.7 Å². The maximum Gasteiger partial charge on any atom is 0.282 e. The number of hydrogen-bond acceptors (Lipinski definition) is 4. The number of methoxy groups -OCH3 is 1. The smallest absolute Gasteiger partial charge is 0.282 e. The lowest BCUT2D eigenvalue weighted by Gasteiger charge is -2.15. The van der Waals surface area contributed by atoms with E-state index in [1.807, 2.05) is 6.92 Å². The Kier molecular flexibility index (Phi) is 3.62. The molecule has 5 heteroatoms. The summed E-state index contributed by atoms with van der Waals surface area (Å²) in [6.45, 7) is 1.86. The molecule has 1 aromatic rings. The third-order valence-corrected chi connectivity index (χ3v) is 1.97. The number of hydrogen-bond donors (Lipinski definition) is 0. The van der Waals surface area contributed by atoms with E-state index in [9.17, 15) is 4.79 Å². The average molecular weight is 210 g/mol. The Labute approximate surface area is 88.6 Å². The van der Waals surface area contributed by atoms with Crippen molar-refractivity contribution < 1.29 is 14.4 Å². The number of carbonyl (C=O) groups is 1. The Bertz CT molecular complexity index is 366. The van der Waals surface area contributed by atoms with Gasteiger partial charge in [-0.05, 0) is 18.6 Å². The van der Waals surface area contributed by atoms with E-state index in [2.05, 4.69) is 4.98 Å². The summed E-state index contributed by atoms with van der Waals surface area (Å²) in [6.07, 6.45) is 1.64. The van der Waals surface area contributed by atoms with Gasteiger partial charge in [-0.1, -0.05) is 0 Å². The molecule has 1 aromatic heterocycles. The molecule has 0 aromatic carbocycles. The summed E-state index contributed by atoms with van der Waals surface area (Å²) in [5.41, 5.74) is 1.28. The molecule has 0 spiro atoms. The van der Waals surface area contributed by atoms with Crippen LogP contribution in [0.15, 0.2) is 12.3 Å². The number of aromatic nitrogens is 1. The van der Waals surface area contributed by atoms with Crippen molar-refractivity contribution in [3.05, 3.63) is 23.4 Å². The van der Waals surface area contributed by atoms with Crippen LogP contribution in [0.2, 0.25) is 0 Å². The first-order valence-corrected chi connectivity index (χ1v) is 4.43. The summed E-state index contributed by atoms with van der Waals surface area (Å²) in [5.74, 6) is 0.0139. The van der Waals surface area contributed by atoms with Gasteiger partial charge >= 0.3 is 0 Å². The van der Waals surface area contributed by atoms with E-state index in [1.165, 1.54) is 21.3 Å². The summed E-state index contributed by atoms with van der Waals surface area (Å²) in [4.78, 5) is 20.6. The van der Waals surface area contributed by atoms with Crippen molar-refractivity contribution in [2.24, 2.45) is 0 Å². The first-order chi connectivity index (χ1) is 7.10. The molecule has 0 fully saturated rings. The van der Waals surface area contributed by atoms with Gasteiger partial charge in [0.2, 0.25) is 5.88 Å². The van der Waals surface area contributed by atoms with Crippen molar-refractivity contribution in [3.8, 4) is 5.88 Å². The Balaban J connectivity index is 3.11. The minimum atomic E-state index is -0.287. The SMILES string of the molecule is COc1ncc(C)cc1C(=O)N(C)OC. The van der Waals surface area contributed by atoms with Gasteiger partial charge in [-0.2, -0.15) is 0 Å². The molecule has 1 amide bonds. The van der Waals surface area contributed by atoms with Gasteiger partial charge in [0.1, 0.15) is 5.56 Å². The van der Waals surface area contributed by atoms with Gasteiger partial charge in [0.25, 0.3) is 5.91 Å². The highest BCUT2D eigenvalue weighted by Crippen LogP contribution is 2.17. The number of ether oxygens (including phenoxy) is 1. The average Bonchev–Trinajstić information content (AvgIpc) is 2.27. The fraction of sp³-hybridized carbons (Fsp3) is 0.400. The zero-order chi connectivity index (χ0) is 11.4. The maximum atomic E-state index is 11.8. The van der Waals surface area contributed by atoms with Crippen molar-refractivity contribution in [2.45, 2.75) is 6.92 Å². The zero-order valence-corrected chi connectivity index (χ0v) is 9.27. The highest BCUT2D eigenvalue weighted by Gasteiger charge is 2.17. The Morgan fingerprint density at radius 1 is 1.47 bits per heavy atom. The molecule has 0 aliphatic carbocycles. The van der Waals surface area contributed by atoms with Gasteiger partial charge in [-0.25, -0.2) is 10.0 Å². The van der Waals surface area contributed by atoms with Crippen molar-refractivity contribution in [2.75, 3.05) is 21.3 Å². The third kappa shape index (κ3) is 2.44. The van der Waals surface area contributed by atoms with Crippen LogP contribution in [-0.2, 0) is 4.84 Å². The molecule has 0 saturated heterocycles.